The zero-order chi connectivity index (χ0) is 14.7. The van der Waals surface area contributed by atoms with Crippen LogP contribution in [-0.2, 0) is 4.74 Å². The van der Waals surface area contributed by atoms with Crippen LogP contribution < -0.4 is 0 Å². The topological polar surface area (TPSA) is 95.5 Å². The standard InChI is InChI=1S/C13H12N2O5/c1-3-19-13(16)10-7-20-12(14-10)9-4-5-11(15(17)18)8(2)6-9/h4-7H,3H2,1-2H3. The molecule has 0 aliphatic carbocycles. The molecule has 104 valence electrons. The third-order valence-corrected chi connectivity index (χ3v) is 2.63. The van der Waals surface area contributed by atoms with Gasteiger partial charge in [-0.05, 0) is 26.0 Å². The zero-order valence-electron chi connectivity index (χ0n) is 11.0. The summed E-state index contributed by atoms with van der Waals surface area (Å²) < 4.78 is 9.99. The Morgan fingerprint density at radius 2 is 2.25 bits per heavy atom. The lowest BCUT2D eigenvalue weighted by atomic mass is 10.1. The third kappa shape index (κ3) is 2.66. The summed E-state index contributed by atoms with van der Waals surface area (Å²) >= 11 is 0. The molecular formula is C13H12N2O5. The average molecular weight is 276 g/mol. The van der Waals surface area contributed by atoms with Gasteiger partial charge in [-0.25, -0.2) is 9.78 Å². The number of hydrogen-bond donors (Lipinski definition) is 0. The smallest absolute Gasteiger partial charge is 0.360 e. The van der Waals surface area contributed by atoms with Gasteiger partial charge in [0.05, 0.1) is 11.5 Å². The van der Waals surface area contributed by atoms with Crippen LogP contribution in [-0.4, -0.2) is 22.5 Å². The van der Waals surface area contributed by atoms with E-state index in [1.807, 2.05) is 0 Å². The minimum absolute atomic E-state index is 0.0194. The van der Waals surface area contributed by atoms with Crippen LogP contribution in [0.2, 0.25) is 0 Å². The Morgan fingerprint density at radius 3 is 2.85 bits per heavy atom. The Morgan fingerprint density at radius 1 is 1.50 bits per heavy atom. The predicted octanol–water partition coefficient (Wildman–Crippen LogP) is 2.73. The number of carbonyl (C=O) groups is 1. The number of aromatic nitrogens is 1. The molecule has 0 aliphatic heterocycles. The second kappa shape index (κ2) is 5.52. The molecule has 2 rings (SSSR count). The number of esters is 1. The molecule has 0 amide bonds. The quantitative estimate of drug-likeness (QED) is 0.484. The fraction of sp³-hybridized carbons (Fsp3) is 0.231. The first-order valence-electron chi connectivity index (χ1n) is 5.91. The maximum atomic E-state index is 11.5. The van der Waals surface area contributed by atoms with Crippen molar-refractivity contribution in [2.24, 2.45) is 0 Å². The van der Waals surface area contributed by atoms with Crippen molar-refractivity contribution in [3.63, 3.8) is 0 Å². The largest absolute Gasteiger partial charge is 0.461 e. The summed E-state index contributed by atoms with van der Waals surface area (Å²) in [4.78, 5) is 25.7. The summed E-state index contributed by atoms with van der Waals surface area (Å²) in [5.74, 6) is -0.354. The van der Waals surface area contributed by atoms with Gasteiger partial charge >= 0.3 is 5.97 Å². The fourth-order valence-electron chi connectivity index (χ4n) is 1.70. The minimum atomic E-state index is -0.568. The summed E-state index contributed by atoms with van der Waals surface area (Å²) in [6, 6.07) is 4.48. The summed E-state index contributed by atoms with van der Waals surface area (Å²) in [7, 11) is 0. The highest BCUT2D eigenvalue weighted by Gasteiger charge is 2.16. The van der Waals surface area contributed by atoms with Gasteiger partial charge in [0.2, 0.25) is 5.89 Å². The van der Waals surface area contributed by atoms with E-state index < -0.39 is 10.9 Å². The summed E-state index contributed by atoms with van der Waals surface area (Å²) in [6.07, 6.45) is 1.20. The average Bonchev–Trinajstić information content (AvgIpc) is 2.88. The predicted molar refractivity (Wildman–Crippen MR) is 69.3 cm³/mol. The molecule has 2 aromatic rings. The minimum Gasteiger partial charge on any atom is -0.461 e. The Hall–Kier alpha value is -2.70. The third-order valence-electron chi connectivity index (χ3n) is 2.63. The summed E-state index contributed by atoms with van der Waals surface area (Å²) in [5.41, 5.74) is 1.14. The Kier molecular flexibility index (Phi) is 3.79. The van der Waals surface area contributed by atoms with Crippen LogP contribution in [0.4, 0.5) is 5.69 Å². The van der Waals surface area contributed by atoms with Crippen LogP contribution in [0.1, 0.15) is 23.0 Å². The summed E-state index contributed by atoms with van der Waals surface area (Å²) in [5, 5.41) is 10.7. The number of nitro groups is 1. The normalized spacial score (nSPS) is 10.3. The van der Waals surface area contributed by atoms with Gasteiger partial charge < -0.3 is 9.15 Å². The molecule has 0 N–H and O–H groups in total. The maximum Gasteiger partial charge on any atom is 0.360 e. The summed E-state index contributed by atoms with van der Waals surface area (Å²) in [6.45, 7) is 3.56. The van der Waals surface area contributed by atoms with E-state index in [1.165, 1.54) is 18.4 Å². The van der Waals surface area contributed by atoms with Crippen molar-refractivity contribution in [2.45, 2.75) is 13.8 Å². The van der Waals surface area contributed by atoms with E-state index in [2.05, 4.69) is 4.98 Å². The van der Waals surface area contributed by atoms with Crippen LogP contribution in [0.25, 0.3) is 11.5 Å². The number of carbonyl (C=O) groups excluding carboxylic acids is 1. The zero-order valence-corrected chi connectivity index (χ0v) is 11.0. The van der Waals surface area contributed by atoms with Crippen LogP contribution in [0, 0.1) is 17.0 Å². The van der Waals surface area contributed by atoms with Gasteiger partial charge in [0.1, 0.15) is 6.26 Å². The highest BCUT2D eigenvalue weighted by atomic mass is 16.6. The maximum absolute atomic E-state index is 11.5. The van der Waals surface area contributed by atoms with Crippen LogP contribution >= 0.6 is 0 Å². The van der Waals surface area contributed by atoms with Gasteiger partial charge in [0.15, 0.2) is 5.69 Å². The van der Waals surface area contributed by atoms with Crippen LogP contribution in [0.5, 0.6) is 0 Å². The molecule has 0 unspecified atom stereocenters. The van der Waals surface area contributed by atoms with Crippen LogP contribution in [0.15, 0.2) is 28.9 Å². The molecule has 1 aromatic carbocycles. The lowest BCUT2D eigenvalue weighted by Crippen LogP contribution is -2.04. The van der Waals surface area contributed by atoms with Crippen molar-refractivity contribution in [1.82, 2.24) is 4.98 Å². The lowest BCUT2D eigenvalue weighted by molar-refractivity contribution is -0.385. The van der Waals surface area contributed by atoms with E-state index in [4.69, 9.17) is 9.15 Å². The Balaban J connectivity index is 2.31. The van der Waals surface area contributed by atoms with E-state index >= 15 is 0 Å². The molecule has 0 saturated carbocycles. The van der Waals surface area contributed by atoms with Gasteiger partial charge in [0, 0.05) is 17.2 Å². The van der Waals surface area contributed by atoms with Gasteiger partial charge in [-0.1, -0.05) is 0 Å². The molecule has 0 aliphatic rings. The molecule has 0 saturated heterocycles. The number of rotatable bonds is 4. The number of nitrogens with zero attached hydrogens (tertiary/aromatic N) is 2. The molecule has 0 bridgehead atoms. The molecule has 0 fully saturated rings. The van der Waals surface area contributed by atoms with E-state index in [1.54, 1.807) is 19.9 Å². The van der Waals surface area contributed by atoms with Crippen molar-refractivity contribution in [2.75, 3.05) is 6.61 Å². The van der Waals surface area contributed by atoms with Crippen molar-refractivity contribution >= 4 is 11.7 Å². The van der Waals surface area contributed by atoms with Gasteiger partial charge in [0.25, 0.3) is 5.69 Å². The molecule has 1 heterocycles. The number of aryl methyl sites for hydroxylation is 1. The SMILES string of the molecule is CCOC(=O)c1coc(-c2ccc([N+](=O)[O-])c(C)c2)n1. The highest BCUT2D eigenvalue weighted by Crippen LogP contribution is 2.25. The molecular weight excluding hydrogens is 264 g/mol. The van der Waals surface area contributed by atoms with Gasteiger partial charge in [-0.2, -0.15) is 0 Å². The Bertz CT molecular complexity index is 663. The Labute approximate surface area is 114 Å². The lowest BCUT2D eigenvalue weighted by Gasteiger charge is -1.99. The second-order valence-electron chi connectivity index (χ2n) is 4.02. The van der Waals surface area contributed by atoms with Gasteiger partial charge in [-0.15, -0.1) is 0 Å². The second-order valence-corrected chi connectivity index (χ2v) is 4.02. The molecule has 7 nitrogen and oxygen atoms in total. The van der Waals surface area contributed by atoms with E-state index in [0.29, 0.717) is 11.1 Å². The molecule has 7 heteroatoms. The molecule has 0 radical (unpaired) electrons. The molecule has 0 spiro atoms. The van der Waals surface area contributed by atoms with Crippen LogP contribution in [0.3, 0.4) is 0 Å². The number of ether oxygens (including phenoxy) is 1. The van der Waals surface area contributed by atoms with Crippen molar-refractivity contribution in [3.05, 3.63) is 45.8 Å². The number of oxazole rings is 1. The first kappa shape index (κ1) is 13.7. The number of hydrogen-bond acceptors (Lipinski definition) is 6. The van der Waals surface area contributed by atoms with E-state index in [9.17, 15) is 14.9 Å². The molecule has 1 aromatic heterocycles. The van der Waals surface area contributed by atoms with Gasteiger partial charge in [-0.3, -0.25) is 10.1 Å². The van der Waals surface area contributed by atoms with Crippen molar-refractivity contribution < 1.29 is 18.9 Å². The van der Waals surface area contributed by atoms with E-state index in [-0.39, 0.29) is 23.9 Å². The van der Waals surface area contributed by atoms with Crippen molar-refractivity contribution in [1.29, 1.82) is 0 Å². The van der Waals surface area contributed by atoms with E-state index in [0.717, 1.165) is 0 Å². The number of benzene rings is 1. The first-order valence-corrected chi connectivity index (χ1v) is 5.91. The molecule has 0 atom stereocenters. The number of nitro benzene ring substituents is 1. The fourth-order valence-corrected chi connectivity index (χ4v) is 1.70. The molecule has 20 heavy (non-hydrogen) atoms. The first-order chi connectivity index (χ1) is 9.52. The van der Waals surface area contributed by atoms with Crippen molar-refractivity contribution in [3.8, 4) is 11.5 Å². The monoisotopic (exact) mass is 276 g/mol. The highest BCUT2D eigenvalue weighted by molar-refractivity contribution is 5.87.